The summed E-state index contributed by atoms with van der Waals surface area (Å²) in [6.45, 7) is 0.0583. The van der Waals surface area contributed by atoms with Crippen LogP contribution in [0.25, 0.3) is 6.08 Å². The molecule has 1 fully saturated rings. The van der Waals surface area contributed by atoms with Gasteiger partial charge in [-0.2, -0.15) is 0 Å². The van der Waals surface area contributed by atoms with Crippen molar-refractivity contribution in [2.24, 2.45) is 0 Å². The number of hydrogen-bond acceptors (Lipinski definition) is 8. The number of imide groups is 2. The molecule has 3 aromatic rings. The third kappa shape index (κ3) is 4.64. The van der Waals surface area contributed by atoms with Gasteiger partial charge in [0.25, 0.3) is 11.8 Å². The molecule has 0 bridgehead atoms. The highest BCUT2D eigenvalue weighted by atomic mass is 79.9. The number of ether oxygens (including phenoxy) is 4. The van der Waals surface area contributed by atoms with Crippen LogP contribution in [-0.2, 0) is 9.59 Å². The van der Waals surface area contributed by atoms with Crippen LogP contribution in [0.5, 0.6) is 23.0 Å². The molecule has 0 atom stereocenters. The molecule has 0 radical (unpaired) electrons. The number of hydrogen-bond donors (Lipinski definition) is 1. The number of esters is 1. The van der Waals surface area contributed by atoms with E-state index >= 15 is 0 Å². The highest BCUT2D eigenvalue weighted by Gasteiger charge is 2.38. The van der Waals surface area contributed by atoms with Crippen molar-refractivity contribution in [3.63, 3.8) is 0 Å². The number of carbonyl (C=O) groups excluding carboxylic acids is 4. The molecule has 186 valence electrons. The summed E-state index contributed by atoms with van der Waals surface area (Å²) in [4.78, 5) is 52.3. The normalized spacial score (nSPS) is 15.6. The van der Waals surface area contributed by atoms with E-state index in [1.165, 1.54) is 37.5 Å². The summed E-state index contributed by atoms with van der Waals surface area (Å²) in [5, 5.41) is 2.16. The second-order valence-corrected chi connectivity index (χ2v) is 8.69. The van der Waals surface area contributed by atoms with Crippen molar-refractivity contribution < 1.29 is 38.1 Å². The van der Waals surface area contributed by atoms with E-state index in [2.05, 4.69) is 21.2 Å². The molecular weight excluding hydrogens is 548 g/mol. The number of anilines is 1. The van der Waals surface area contributed by atoms with E-state index in [-0.39, 0.29) is 40.7 Å². The Balaban J connectivity index is 1.49. The Morgan fingerprint density at radius 3 is 2.59 bits per heavy atom. The number of nitrogens with zero attached hydrogens (tertiary/aromatic N) is 1. The van der Waals surface area contributed by atoms with Gasteiger partial charge in [0.1, 0.15) is 17.1 Å². The van der Waals surface area contributed by atoms with Gasteiger partial charge < -0.3 is 18.9 Å². The number of amides is 4. The summed E-state index contributed by atoms with van der Waals surface area (Å²) in [5.74, 6) is -1.18. The lowest BCUT2D eigenvalue weighted by Crippen LogP contribution is -2.54. The molecule has 4 amide bonds. The molecule has 1 saturated heterocycles. The van der Waals surface area contributed by atoms with Crippen molar-refractivity contribution in [3.05, 3.63) is 81.8 Å². The Bertz CT molecular complexity index is 1500. The largest absolute Gasteiger partial charge is 0.495 e. The number of halogens is 1. The van der Waals surface area contributed by atoms with Gasteiger partial charge in [0.15, 0.2) is 11.5 Å². The first-order chi connectivity index (χ1) is 17.9. The fraction of sp³-hybridized carbons (Fsp3) is 0.0769. The van der Waals surface area contributed by atoms with E-state index in [1.54, 1.807) is 36.4 Å². The maximum atomic E-state index is 13.3. The van der Waals surface area contributed by atoms with Crippen LogP contribution in [0.3, 0.4) is 0 Å². The number of urea groups is 1. The smallest absolute Gasteiger partial charge is 0.343 e. The maximum Gasteiger partial charge on any atom is 0.343 e. The van der Waals surface area contributed by atoms with Crippen molar-refractivity contribution in [2.75, 3.05) is 18.8 Å². The number of para-hydroxylation sites is 2. The maximum absolute atomic E-state index is 13.3. The summed E-state index contributed by atoms with van der Waals surface area (Å²) in [6.07, 6.45) is 1.25. The van der Waals surface area contributed by atoms with Gasteiger partial charge >= 0.3 is 12.0 Å². The molecule has 2 aliphatic rings. The molecule has 0 aromatic heterocycles. The highest BCUT2D eigenvalue weighted by Crippen LogP contribution is 2.34. The number of fused-ring (bicyclic) bond motifs is 1. The first-order valence-electron chi connectivity index (χ1n) is 10.8. The third-order valence-electron chi connectivity index (χ3n) is 5.51. The SMILES string of the molecule is COc1ccccc1N1C(=O)NC(=O)/C(=C/c2cc(Br)ccc2OC(=O)c2ccc3c(c2)OCO3)C1=O. The Hall–Kier alpha value is -4.64. The van der Waals surface area contributed by atoms with Gasteiger partial charge in [-0.15, -0.1) is 0 Å². The second-order valence-electron chi connectivity index (χ2n) is 7.77. The quantitative estimate of drug-likeness (QED) is 0.213. The van der Waals surface area contributed by atoms with E-state index in [9.17, 15) is 19.2 Å². The predicted molar refractivity (Wildman–Crippen MR) is 134 cm³/mol. The standard InChI is InChI=1S/C26H17BrN2O8/c1-34-20-5-3-2-4-18(20)29-24(31)17(23(30)28-26(29)33)11-15-10-16(27)7-9-19(15)37-25(32)14-6-8-21-22(12-14)36-13-35-21/h2-12H,13H2,1H3,(H,28,30,33)/b17-11-. The topological polar surface area (TPSA) is 120 Å². The van der Waals surface area contributed by atoms with Crippen LogP contribution >= 0.6 is 15.9 Å². The fourth-order valence-electron chi connectivity index (χ4n) is 3.75. The van der Waals surface area contributed by atoms with Crippen molar-refractivity contribution >= 4 is 51.5 Å². The van der Waals surface area contributed by atoms with Gasteiger partial charge in [0.2, 0.25) is 6.79 Å². The zero-order chi connectivity index (χ0) is 26.1. The molecule has 3 aromatic carbocycles. The molecule has 0 unspecified atom stereocenters. The first kappa shape index (κ1) is 24.1. The van der Waals surface area contributed by atoms with E-state index < -0.39 is 23.8 Å². The van der Waals surface area contributed by atoms with Crippen LogP contribution in [0, 0.1) is 0 Å². The van der Waals surface area contributed by atoms with Crippen LogP contribution < -0.4 is 29.2 Å². The third-order valence-corrected chi connectivity index (χ3v) is 6.00. The van der Waals surface area contributed by atoms with Crippen molar-refractivity contribution in [1.82, 2.24) is 5.32 Å². The number of rotatable bonds is 5. The van der Waals surface area contributed by atoms with Crippen LogP contribution in [0.2, 0.25) is 0 Å². The van der Waals surface area contributed by atoms with Gasteiger partial charge in [0, 0.05) is 10.0 Å². The lowest BCUT2D eigenvalue weighted by atomic mass is 10.1. The lowest BCUT2D eigenvalue weighted by Gasteiger charge is -2.27. The molecule has 0 saturated carbocycles. The molecule has 0 aliphatic carbocycles. The molecule has 5 rings (SSSR count). The minimum absolute atomic E-state index is 0.0583. The summed E-state index contributed by atoms with van der Waals surface area (Å²) >= 11 is 3.35. The molecular formula is C26H17BrN2O8. The van der Waals surface area contributed by atoms with Crippen LogP contribution in [0.4, 0.5) is 10.5 Å². The average Bonchev–Trinajstić information content (AvgIpc) is 3.36. The molecule has 10 nitrogen and oxygen atoms in total. The molecule has 0 spiro atoms. The molecule has 11 heteroatoms. The Morgan fingerprint density at radius 1 is 1.00 bits per heavy atom. The average molecular weight is 565 g/mol. The first-order valence-corrected chi connectivity index (χ1v) is 11.6. The summed E-state index contributed by atoms with van der Waals surface area (Å²) < 4.78 is 22.0. The van der Waals surface area contributed by atoms with E-state index in [1.807, 2.05) is 0 Å². The van der Waals surface area contributed by atoms with Gasteiger partial charge in [-0.3, -0.25) is 14.9 Å². The lowest BCUT2D eigenvalue weighted by molar-refractivity contribution is -0.122. The predicted octanol–water partition coefficient (Wildman–Crippen LogP) is 4.07. The van der Waals surface area contributed by atoms with Gasteiger partial charge in [0.05, 0.1) is 18.4 Å². The molecule has 1 N–H and O–H groups in total. The minimum atomic E-state index is -0.916. The summed E-state index contributed by atoms with van der Waals surface area (Å²) in [7, 11) is 1.40. The van der Waals surface area contributed by atoms with Crippen LogP contribution in [0.1, 0.15) is 15.9 Å². The Kier molecular flexibility index (Phi) is 6.36. The summed E-state index contributed by atoms with van der Waals surface area (Å²) in [5.41, 5.74) is 0.278. The fourth-order valence-corrected chi connectivity index (χ4v) is 4.13. The molecule has 2 heterocycles. The molecule has 2 aliphatic heterocycles. The van der Waals surface area contributed by atoms with Crippen LogP contribution in [-0.4, -0.2) is 37.7 Å². The summed E-state index contributed by atoms with van der Waals surface area (Å²) in [6, 6.07) is 14.8. The van der Waals surface area contributed by atoms with E-state index in [0.717, 1.165) is 4.90 Å². The zero-order valence-corrected chi connectivity index (χ0v) is 20.7. The minimum Gasteiger partial charge on any atom is -0.495 e. The zero-order valence-electron chi connectivity index (χ0n) is 19.1. The Morgan fingerprint density at radius 2 is 1.78 bits per heavy atom. The number of carbonyl (C=O) groups is 4. The molecule has 37 heavy (non-hydrogen) atoms. The number of methoxy groups -OCH3 is 1. The number of barbiturate groups is 1. The number of benzene rings is 3. The van der Waals surface area contributed by atoms with Gasteiger partial charge in [-0.1, -0.05) is 28.1 Å². The van der Waals surface area contributed by atoms with Crippen molar-refractivity contribution in [3.8, 4) is 23.0 Å². The van der Waals surface area contributed by atoms with Crippen LogP contribution in [0.15, 0.2) is 70.7 Å². The van der Waals surface area contributed by atoms with Gasteiger partial charge in [-0.25, -0.2) is 14.5 Å². The van der Waals surface area contributed by atoms with E-state index in [4.69, 9.17) is 18.9 Å². The monoisotopic (exact) mass is 564 g/mol. The van der Waals surface area contributed by atoms with Crippen molar-refractivity contribution in [1.29, 1.82) is 0 Å². The number of nitrogens with one attached hydrogen (secondary N) is 1. The second kappa shape index (κ2) is 9.78. The van der Waals surface area contributed by atoms with E-state index in [0.29, 0.717) is 16.0 Å². The van der Waals surface area contributed by atoms with Gasteiger partial charge in [-0.05, 0) is 54.6 Å². The highest BCUT2D eigenvalue weighted by molar-refractivity contribution is 9.10. The Labute approximate surface area is 218 Å². The van der Waals surface area contributed by atoms with Crippen molar-refractivity contribution in [2.45, 2.75) is 0 Å².